The number of nitro groups is 1. The Morgan fingerprint density at radius 1 is 1.36 bits per heavy atom. The first-order valence-corrected chi connectivity index (χ1v) is 7.25. The van der Waals surface area contributed by atoms with Gasteiger partial charge in [0, 0.05) is 25.1 Å². The van der Waals surface area contributed by atoms with Crippen molar-refractivity contribution in [1.82, 2.24) is 4.90 Å². The van der Waals surface area contributed by atoms with Crippen LogP contribution in [0.4, 0.5) is 5.69 Å². The number of carbonyl (C=O) groups is 1. The molecule has 1 amide bonds. The van der Waals surface area contributed by atoms with Gasteiger partial charge in [-0.05, 0) is 32.8 Å². The van der Waals surface area contributed by atoms with Crippen molar-refractivity contribution in [2.75, 3.05) is 6.54 Å². The number of nitrogens with zero attached hydrogens (tertiary/aromatic N) is 3. The van der Waals surface area contributed by atoms with E-state index in [1.165, 1.54) is 12.1 Å². The molecule has 0 aliphatic carbocycles. The average molecular weight is 303 g/mol. The third-order valence-corrected chi connectivity index (χ3v) is 3.73. The number of piperidine rings is 1. The number of hydrogen-bond donors (Lipinski definition) is 0. The predicted molar refractivity (Wildman–Crippen MR) is 79.9 cm³/mol. The molecule has 7 heteroatoms. The summed E-state index contributed by atoms with van der Waals surface area (Å²) in [6, 6.07) is 4.39. The molecule has 1 aromatic rings. The van der Waals surface area contributed by atoms with Crippen molar-refractivity contribution in [3.63, 3.8) is 0 Å². The zero-order valence-electron chi connectivity index (χ0n) is 12.5. The summed E-state index contributed by atoms with van der Waals surface area (Å²) in [7, 11) is 0. The standard InChI is InChI=1S/C15H17N3O4/c1-15(2)16-14(17-8-4-3-5-13(17)19)11-9-10(18(20)21)6-7-12(11)22-15/h6-7,9H,3-5,8H2,1-2H3. The molecule has 0 unspecified atom stereocenters. The Hall–Kier alpha value is -2.44. The fourth-order valence-corrected chi connectivity index (χ4v) is 2.74. The van der Waals surface area contributed by atoms with Gasteiger partial charge in [-0.3, -0.25) is 19.8 Å². The van der Waals surface area contributed by atoms with Crippen molar-refractivity contribution in [3.8, 4) is 5.75 Å². The predicted octanol–water partition coefficient (Wildman–Crippen LogP) is 2.48. The monoisotopic (exact) mass is 303 g/mol. The van der Waals surface area contributed by atoms with Crippen molar-refractivity contribution in [2.24, 2.45) is 4.99 Å². The minimum absolute atomic E-state index is 0.000145. The number of amides is 1. The molecular formula is C15H17N3O4. The highest BCUT2D eigenvalue weighted by Gasteiger charge is 2.34. The summed E-state index contributed by atoms with van der Waals surface area (Å²) in [4.78, 5) is 28.9. The minimum atomic E-state index is -0.809. The van der Waals surface area contributed by atoms with Gasteiger partial charge in [0.25, 0.3) is 5.69 Å². The van der Waals surface area contributed by atoms with Crippen LogP contribution in [0.3, 0.4) is 0 Å². The second-order valence-corrected chi connectivity index (χ2v) is 5.92. The molecule has 7 nitrogen and oxygen atoms in total. The molecule has 2 heterocycles. The summed E-state index contributed by atoms with van der Waals surface area (Å²) >= 11 is 0. The fourth-order valence-electron chi connectivity index (χ4n) is 2.74. The lowest BCUT2D eigenvalue weighted by atomic mass is 10.0. The van der Waals surface area contributed by atoms with Crippen LogP contribution >= 0.6 is 0 Å². The highest BCUT2D eigenvalue weighted by Crippen LogP contribution is 2.34. The molecule has 0 aromatic heterocycles. The molecule has 0 radical (unpaired) electrons. The summed E-state index contributed by atoms with van der Waals surface area (Å²) in [6.07, 6.45) is 2.24. The molecule has 0 saturated carbocycles. The van der Waals surface area contributed by atoms with Crippen LogP contribution in [0.15, 0.2) is 23.2 Å². The fraction of sp³-hybridized carbons (Fsp3) is 0.467. The van der Waals surface area contributed by atoms with E-state index in [4.69, 9.17) is 4.74 Å². The molecule has 0 bridgehead atoms. The lowest BCUT2D eigenvalue weighted by Gasteiger charge is -2.35. The van der Waals surface area contributed by atoms with Gasteiger partial charge in [-0.1, -0.05) is 0 Å². The number of ether oxygens (including phenoxy) is 1. The molecule has 2 aliphatic rings. The largest absolute Gasteiger partial charge is 0.466 e. The number of carbonyl (C=O) groups excluding carboxylic acids is 1. The molecule has 1 fully saturated rings. The number of hydrogen-bond acceptors (Lipinski definition) is 5. The highest BCUT2D eigenvalue weighted by molar-refractivity contribution is 6.10. The van der Waals surface area contributed by atoms with E-state index in [-0.39, 0.29) is 11.6 Å². The second-order valence-electron chi connectivity index (χ2n) is 5.92. The molecule has 1 aromatic carbocycles. The maximum atomic E-state index is 12.2. The van der Waals surface area contributed by atoms with Crippen LogP contribution in [0.5, 0.6) is 5.75 Å². The quantitative estimate of drug-likeness (QED) is 0.589. The number of aliphatic imine (C=N–C) groups is 1. The van der Waals surface area contributed by atoms with E-state index >= 15 is 0 Å². The number of amidine groups is 1. The van der Waals surface area contributed by atoms with E-state index in [2.05, 4.69) is 4.99 Å². The minimum Gasteiger partial charge on any atom is -0.466 e. The molecule has 0 spiro atoms. The normalized spacial score (nSPS) is 20.0. The van der Waals surface area contributed by atoms with Gasteiger partial charge >= 0.3 is 0 Å². The Kier molecular flexibility index (Phi) is 3.35. The molecule has 116 valence electrons. The first-order chi connectivity index (χ1) is 10.4. The third-order valence-electron chi connectivity index (χ3n) is 3.73. The Balaban J connectivity index is 2.11. The van der Waals surface area contributed by atoms with E-state index < -0.39 is 10.6 Å². The third kappa shape index (κ3) is 2.54. The summed E-state index contributed by atoms with van der Waals surface area (Å²) in [5, 5.41) is 11.0. The number of non-ortho nitro benzene ring substituents is 1. The van der Waals surface area contributed by atoms with Gasteiger partial charge in [-0.25, -0.2) is 4.99 Å². The Morgan fingerprint density at radius 2 is 2.14 bits per heavy atom. The van der Waals surface area contributed by atoms with Crippen molar-refractivity contribution in [2.45, 2.75) is 38.8 Å². The zero-order valence-corrected chi connectivity index (χ0v) is 12.5. The summed E-state index contributed by atoms with van der Waals surface area (Å²) in [6.45, 7) is 4.17. The summed E-state index contributed by atoms with van der Waals surface area (Å²) in [5.41, 5.74) is -0.348. The second kappa shape index (κ2) is 5.08. The maximum absolute atomic E-state index is 12.2. The number of benzene rings is 1. The topological polar surface area (TPSA) is 85.0 Å². The van der Waals surface area contributed by atoms with Gasteiger partial charge in [0.2, 0.25) is 5.91 Å². The summed E-state index contributed by atoms with van der Waals surface area (Å²) < 4.78 is 5.76. The number of likely N-dealkylation sites (tertiary alicyclic amines) is 1. The number of rotatable bonds is 1. The van der Waals surface area contributed by atoms with Crippen molar-refractivity contribution < 1.29 is 14.5 Å². The van der Waals surface area contributed by atoms with Crippen LogP contribution < -0.4 is 4.74 Å². The van der Waals surface area contributed by atoms with E-state index in [1.54, 1.807) is 24.8 Å². The van der Waals surface area contributed by atoms with Gasteiger partial charge in [0.15, 0.2) is 5.72 Å². The average Bonchev–Trinajstić information content (AvgIpc) is 2.45. The Labute approximate surface area is 127 Å². The highest BCUT2D eigenvalue weighted by atomic mass is 16.6. The van der Waals surface area contributed by atoms with Crippen molar-refractivity contribution in [1.29, 1.82) is 0 Å². The molecule has 1 saturated heterocycles. The van der Waals surface area contributed by atoms with Crippen LogP contribution in [0.2, 0.25) is 0 Å². The van der Waals surface area contributed by atoms with E-state index in [0.717, 1.165) is 12.8 Å². The molecule has 0 atom stereocenters. The van der Waals surface area contributed by atoms with E-state index in [0.29, 0.717) is 30.1 Å². The van der Waals surface area contributed by atoms with Gasteiger partial charge in [-0.2, -0.15) is 0 Å². The lowest BCUT2D eigenvalue weighted by molar-refractivity contribution is -0.384. The molecular weight excluding hydrogens is 286 g/mol. The van der Waals surface area contributed by atoms with Gasteiger partial charge in [0.05, 0.1) is 10.5 Å². The molecule has 0 N–H and O–H groups in total. The van der Waals surface area contributed by atoms with Gasteiger partial charge in [-0.15, -0.1) is 0 Å². The first-order valence-electron chi connectivity index (χ1n) is 7.25. The van der Waals surface area contributed by atoms with Crippen LogP contribution in [-0.4, -0.2) is 33.8 Å². The zero-order chi connectivity index (χ0) is 15.9. The number of fused-ring (bicyclic) bond motifs is 1. The first kappa shape index (κ1) is 14.5. The smallest absolute Gasteiger partial charge is 0.270 e. The molecule has 2 aliphatic heterocycles. The van der Waals surface area contributed by atoms with Crippen molar-refractivity contribution >= 4 is 17.4 Å². The SMILES string of the molecule is CC1(C)N=C(N2CCCCC2=O)c2cc([N+](=O)[O-])ccc2O1. The Morgan fingerprint density at radius 3 is 2.82 bits per heavy atom. The Bertz CT molecular complexity index is 681. The molecule has 22 heavy (non-hydrogen) atoms. The van der Waals surface area contributed by atoms with Gasteiger partial charge in [0.1, 0.15) is 11.6 Å². The van der Waals surface area contributed by atoms with Crippen LogP contribution in [0, 0.1) is 10.1 Å². The molecule has 3 rings (SSSR count). The maximum Gasteiger partial charge on any atom is 0.270 e. The van der Waals surface area contributed by atoms with Gasteiger partial charge < -0.3 is 4.74 Å². The lowest BCUT2D eigenvalue weighted by Crippen LogP contribution is -2.45. The van der Waals surface area contributed by atoms with Crippen LogP contribution in [-0.2, 0) is 4.79 Å². The van der Waals surface area contributed by atoms with E-state index in [9.17, 15) is 14.9 Å². The van der Waals surface area contributed by atoms with Crippen molar-refractivity contribution in [3.05, 3.63) is 33.9 Å². The van der Waals surface area contributed by atoms with Crippen LogP contribution in [0.1, 0.15) is 38.7 Å². The number of nitro benzene ring substituents is 1. The van der Waals surface area contributed by atoms with Crippen LogP contribution in [0.25, 0.3) is 0 Å². The van der Waals surface area contributed by atoms with E-state index in [1.807, 2.05) is 0 Å². The summed E-state index contributed by atoms with van der Waals surface area (Å²) in [5.74, 6) is 0.985.